The normalized spacial score (nSPS) is 28.0. The van der Waals surface area contributed by atoms with Crippen molar-refractivity contribution in [2.24, 2.45) is 5.92 Å². The molecule has 1 N–H and O–H groups in total. The smallest absolute Gasteiger partial charge is 0.237 e. The van der Waals surface area contributed by atoms with Gasteiger partial charge < -0.3 is 4.74 Å². The monoisotopic (exact) mass is 287 g/mol. The minimum Gasteiger partial charge on any atom is -0.377 e. The Morgan fingerprint density at radius 1 is 1.26 bits per heavy atom. The van der Waals surface area contributed by atoms with Crippen molar-refractivity contribution in [1.29, 1.82) is 0 Å². The third-order valence-electron chi connectivity index (χ3n) is 3.58. The van der Waals surface area contributed by atoms with E-state index in [2.05, 4.69) is 4.72 Å². The first-order valence-corrected chi connectivity index (χ1v) is 8.53. The average Bonchev–Trinajstić information content (AvgIpc) is 2.39. The molecule has 2 rings (SSSR count). The molecular weight excluding hydrogens is 266 g/mol. The van der Waals surface area contributed by atoms with Gasteiger partial charge in [-0.25, -0.2) is 8.42 Å². The lowest BCUT2D eigenvalue weighted by Crippen LogP contribution is -2.41. The zero-order chi connectivity index (χ0) is 13.7. The number of nitrogens with one attached hydrogen (secondary N) is 1. The molecule has 0 aromatic heterocycles. The van der Waals surface area contributed by atoms with Crippen LogP contribution in [0.2, 0.25) is 0 Å². The van der Waals surface area contributed by atoms with E-state index in [4.69, 9.17) is 4.74 Å². The highest BCUT2D eigenvalue weighted by molar-refractivity contribution is 7.90. The summed E-state index contributed by atoms with van der Waals surface area (Å²) in [6.07, 6.45) is 8.59. The van der Waals surface area contributed by atoms with E-state index in [-0.39, 0.29) is 23.7 Å². The number of amides is 1. The third-order valence-corrected chi connectivity index (χ3v) is 4.90. The van der Waals surface area contributed by atoms with E-state index in [1.807, 2.05) is 12.2 Å². The van der Waals surface area contributed by atoms with Crippen molar-refractivity contribution < 1.29 is 17.9 Å². The Morgan fingerprint density at radius 3 is 2.74 bits per heavy atom. The maximum absolute atomic E-state index is 11.9. The first-order chi connectivity index (χ1) is 9.07. The van der Waals surface area contributed by atoms with Crippen LogP contribution in [0.5, 0.6) is 0 Å². The van der Waals surface area contributed by atoms with Crippen LogP contribution in [0.3, 0.4) is 0 Å². The molecule has 5 nitrogen and oxygen atoms in total. The summed E-state index contributed by atoms with van der Waals surface area (Å²) in [5.74, 6) is -0.700. The summed E-state index contributed by atoms with van der Waals surface area (Å²) in [5.41, 5.74) is 0. The van der Waals surface area contributed by atoms with Crippen molar-refractivity contribution in [1.82, 2.24) is 4.72 Å². The van der Waals surface area contributed by atoms with Crippen LogP contribution in [0, 0.1) is 5.92 Å². The fourth-order valence-corrected chi connectivity index (χ4v) is 3.80. The summed E-state index contributed by atoms with van der Waals surface area (Å²) in [6.45, 7) is 0.613. The standard InChI is InChI=1S/C13H21NO4S/c15-13(11-6-2-1-3-7-11)14-19(16,17)10-12-8-4-5-9-18-12/h1-2,11-12H,3-10H2,(H,14,15)/t11-,12-/m0/s1. The molecule has 0 radical (unpaired) electrons. The zero-order valence-electron chi connectivity index (χ0n) is 11.0. The zero-order valence-corrected chi connectivity index (χ0v) is 11.8. The molecule has 0 aromatic carbocycles. The average molecular weight is 287 g/mol. The van der Waals surface area contributed by atoms with Crippen LogP contribution in [0.25, 0.3) is 0 Å². The van der Waals surface area contributed by atoms with Gasteiger partial charge in [0.25, 0.3) is 0 Å². The Kier molecular flexibility index (Phi) is 4.99. The van der Waals surface area contributed by atoms with Gasteiger partial charge in [0, 0.05) is 12.5 Å². The molecule has 1 aliphatic heterocycles. The fourth-order valence-electron chi connectivity index (χ4n) is 2.49. The van der Waals surface area contributed by atoms with Crippen molar-refractivity contribution in [3.05, 3.63) is 12.2 Å². The van der Waals surface area contributed by atoms with E-state index in [0.29, 0.717) is 13.0 Å². The van der Waals surface area contributed by atoms with Gasteiger partial charge in [-0.05, 0) is 38.5 Å². The predicted octanol–water partition coefficient (Wildman–Crippen LogP) is 1.36. The summed E-state index contributed by atoms with van der Waals surface area (Å²) in [4.78, 5) is 11.9. The molecular formula is C13H21NO4S. The Labute approximate surface area is 114 Å². The summed E-state index contributed by atoms with van der Waals surface area (Å²) in [5, 5.41) is 0. The number of allylic oxidation sites excluding steroid dienone is 2. The van der Waals surface area contributed by atoms with Crippen LogP contribution in [-0.4, -0.2) is 32.8 Å². The molecule has 2 atom stereocenters. The molecule has 1 amide bonds. The quantitative estimate of drug-likeness (QED) is 0.792. The summed E-state index contributed by atoms with van der Waals surface area (Å²) in [6, 6.07) is 0. The number of sulfonamides is 1. The van der Waals surface area contributed by atoms with Gasteiger partial charge in [-0.15, -0.1) is 0 Å². The van der Waals surface area contributed by atoms with Crippen LogP contribution in [0.4, 0.5) is 0 Å². The predicted molar refractivity (Wildman–Crippen MR) is 72.0 cm³/mol. The summed E-state index contributed by atoms with van der Waals surface area (Å²) >= 11 is 0. The van der Waals surface area contributed by atoms with E-state index >= 15 is 0 Å². The lowest BCUT2D eigenvalue weighted by atomic mass is 9.94. The number of hydrogen-bond acceptors (Lipinski definition) is 4. The topological polar surface area (TPSA) is 72.5 Å². The van der Waals surface area contributed by atoms with Crippen LogP contribution in [0.1, 0.15) is 38.5 Å². The van der Waals surface area contributed by atoms with Crippen LogP contribution >= 0.6 is 0 Å². The van der Waals surface area contributed by atoms with Crippen molar-refractivity contribution in [2.75, 3.05) is 12.4 Å². The number of hydrogen-bond donors (Lipinski definition) is 1. The molecule has 0 unspecified atom stereocenters. The highest BCUT2D eigenvalue weighted by atomic mass is 32.2. The van der Waals surface area contributed by atoms with Gasteiger partial charge >= 0.3 is 0 Å². The van der Waals surface area contributed by atoms with E-state index in [1.54, 1.807) is 0 Å². The second-order valence-electron chi connectivity index (χ2n) is 5.22. The van der Waals surface area contributed by atoms with Gasteiger partial charge in [0.1, 0.15) is 0 Å². The van der Waals surface area contributed by atoms with Crippen LogP contribution in [0.15, 0.2) is 12.2 Å². The molecule has 6 heteroatoms. The molecule has 108 valence electrons. The number of ether oxygens (including phenoxy) is 1. The second kappa shape index (κ2) is 6.52. The number of carbonyl (C=O) groups excluding carboxylic acids is 1. The maximum atomic E-state index is 11.9. The summed E-state index contributed by atoms with van der Waals surface area (Å²) < 4.78 is 31.4. The van der Waals surface area contributed by atoms with Gasteiger partial charge in [-0.3, -0.25) is 9.52 Å². The maximum Gasteiger partial charge on any atom is 0.237 e. The van der Waals surface area contributed by atoms with Gasteiger partial charge in [-0.1, -0.05) is 12.2 Å². The lowest BCUT2D eigenvalue weighted by Gasteiger charge is -2.23. The van der Waals surface area contributed by atoms with Crippen molar-refractivity contribution in [3.63, 3.8) is 0 Å². The number of rotatable bonds is 4. The van der Waals surface area contributed by atoms with Crippen LogP contribution in [-0.2, 0) is 19.6 Å². The van der Waals surface area contributed by atoms with E-state index in [0.717, 1.165) is 32.1 Å². The molecule has 2 aliphatic rings. The van der Waals surface area contributed by atoms with Crippen LogP contribution < -0.4 is 4.72 Å². The molecule has 0 spiro atoms. The SMILES string of the molecule is O=C(NS(=O)(=O)C[C@@H]1CCCCO1)[C@H]1CC=CCC1. The Bertz CT molecular complexity index is 438. The minimum atomic E-state index is -3.58. The molecule has 1 saturated heterocycles. The first-order valence-electron chi connectivity index (χ1n) is 6.88. The largest absolute Gasteiger partial charge is 0.377 e. The molecule has 0 aromatic rings. The molecule has 19 heavy (non-hydrogen) atoms. The first kappa shape index (κ1) is 14.5. The van der Waals surface area contributed by atoms with Gasteiger partial charge in [0.15, 0.2) is 0 Å². The van der Waals surface area contributed by atoms with Gasteiger partial charge in [-0.2, -0.15) is 0 Å². The van der Waals surface area contributed by atoms with E-state index < -0.39 is 10.0 Å². The Morgan fingerprint density at radius 2 is 2.11 bits per heavy atom. The Balaban J connectivity index is 1.85. The van der Waals surface area contributed by atoms with Crippen molar-refractivity contribution in [3.8, 4) is 0 Å². The van der Waals surface area contributed by atoms with Crippen molar-refractivity contribution in [2.45, 2.75) is 44.6 Å². The molecule has 1 heterocycles. The molecule has 0 bridgehead atoms. The number of carbonyl (C=O) groups is 1. The lowest BCUT2D eigenvalue weighted by molar-refractivity contribution is -0.123. The summed E-state index contributed by atoms with van der Waals surface area (Å²) in [7, 11) is -3.58. The molecule has 1 aliphatic carbocycles. The molecule has 0 saturated carbocycles. The highest BCUT2D eigenvalue weighted by Gasteiger charge is 2.27. The van der Waals surface area contributed by atoms with Crippen molar-refractivity contribution >= 4 is 15.9 Å². The van der Waals surface area contributed by atoms with Gasteiger partial charge in [0.05, 0.1) is 11.9 Å². The third kappa shape index (κ3) is 4.62. The Hall–Kier alpha value is -0.880. The van der Waals surface area contributed by atoms with E-state index in [9.17, 15) is 13.2 Å². The molecule has 1 fully saturated rings. The van der Waals surface area contributed by atoms with Gasteiger partial charge in [0.2, 0.25) is 15.9 Å². The van der Waals surface area contributed by atoms with E-state index in [1.165, 1.54) is 0 Å². The highest BCUT2D eigenvalue weighted by Crippen LogP contribution is 2.19. The second-order valence-corrected chi connectivity index (χ2v) is 6.98. The fraction of sp³-hybridized carbons (Fsp3) is 0.769. The minimum absolute atomic E-state index is 0.110.